The number of nitrogens with zero attached hydrogens (tertiary/aromatic N) is 1. The number of benzene rings is 1. The molecule has 17 nitrogen and oxygen atoms in total. The Balaban J connectivity index is 3.22. The van der Waals surface area contributed by atoms with Gasteiger partial charge in [-0.05, 0) is 44.2 Å². The lowest BCUT2D eigenvalue weighted by molar-refractivity contribution is -0.384. The number of hydrogen-bond donors (Lipinski definition) is 6. The van der Waals surface area contributed by atoms with Crippen molar-refractivity contribution in [2.24, 2.45) is 0 Å². The lowest BCUT2D eigenvalue weighted by atomic mass is 10.00. The molecule has 0 radical (unpaired) electrons. The predicted molar refractivity (Wildman–Crippen MR) is 196 cm³/mol. The summed E-state index contributed by atoms with van der Waals surface area (Å²) < 4.78 is 5.47. The summed E-state index contributed by atoms with van der Waals surface area (Å²) in [6.45, 7) is 10.5. The number of esters is 1. The standard InChI is InChI=1S/C36H57N7O10/c1-7-15-25(38-28(44)9-3)32(41-30(46)11-5)34(48)37-22-14-13-17-27(36(50)53-24-20-18-23(19-21-24)43(51)52)40-35(49)33(42-31(47)12-6)26(16-8-2)39-29(45)10-4/h18-21,25-27,32-33H,7-17,22H2,1-6H3,(H,37,48)(H,38,44)(H,39,45)(H,40,49)(H,41,46)(H,42,47). The van der Waals surface area contributed by atoms with Crippen molar-refractivity contribution in [2.45, 2.75) is 142 Å². The van der Waals surface area contributed by atoms with Crippen LogP contribution in [0.2, 0.25) is 0 Å². The summed E-state index contributed by atoms with van der Waals surface area (Å²) in [6.07, 6.45) is 3.24. The van der Waals surface area contributed by atoms with Crippen LogP contribution in [0, 0.1) is 10.1 Å². The Morgan fingerprint density at radius 1 is 0.623 bits per heavy atom. The van der Waals surface area contributed by atoms with E-state index in [4.69, 9.17) is 4.74 Å². The van der Waals surface area contributed by atoms with E-state index in [2.05, 4.69) is 31.9 Å². The molecule has 0 aliphatic carbocycles. The van der Waals surface area contributed by atoms with Gasteiger partial charge in [0, 0.05) is 44.4 Å². The molecule has 0 spiro atoms. The maximum atomic E-state index is 13.8. The maximum Gasteiger partial charge on any atom is 0.334 e. The van der Waals surface area contributed by atoms with E-state index in [1.54, 1.807) is 27.7 Å². The van der Waals surface area contributed by atoms with E-state index in [1.165, 1.54) is 12.1 Å². The minimum Gasteiger partial charge on any atom is -0.425 e. The van der Waals surface area contributed by atoms with Gasteiger partial charge < -0.3 is 36.6 Å². The minimum atomic E-state index is -1.26. The number of nitrogens with one attached hydrogen (secondary N) is 6. The van der Waals surface area contributed by atoms with Crippen molar-refractivity contribution in [1.29, 1.82) is 0 Å². The van der Waals surface area contributed by atoms with E-state index in [9.17, 15) is 43.7 Å². The van der Waals surface area contributed by atoms with Crippen molar-refractivity contribution < 1.29 is 43.2 Å². The Labute approximate surface area is 311 Å². The number of hydrogen-bond acceptors (Lipinski definition) is 10. The van der Waals surface area contributed by atoms with Crippen LogP contribution in [0.4, 0.5) is 5.69 Å². The summed E-state index contributed by atoms with van der Waals surface area (Å²) in [4.78, 5) is 100. The number of nitro benzene ring substituents is 1. The molecule has 1 aromatic rings. The maximum absolute atomic E-state index is 13.8. The molecule has 0 bridgehead atoms. The first-order valence-electron chi connectivity index (χ1n) is 18.5. The highest BCUT2D eigenvalue weighted by Gasteiger charge is 2.34. The lowest BCUT2D eigenvalue weighted by Crippen LogP contribution is -2.60. The van der Waals surface area contributed by atoms with E-state index in [1.807, 2.05) is 13.8 Å². The van der Waals surface area contributed by atoms with Gasteiger partial charge in [-0.3, -0.25) is 38.9 Å². The third-order valence-corrected chi connectivity index (χ3v) is 8.27. The van der Waals surface area contributed by atoms with Gasteiger partial charge >= 0.3 is 5.97 Å². The molecule has 0 saturated carbocycles. The van der Waals surface area contributed by atoms with Crippen molar-refractivity contribution in [1.82, 2.24) is 31.9 Å². The molecule has 296 valence electrons. The van der Waals surface area contributed by atoms with Crippen LogP contribution in [-0.2, 0) is 33.6 Å². The van der Waals surface area contributed by atoms with Crippen molar-refractivity contribution in [3.8, 4) is 5.75 Å². The Bertz CT molecular complexity index is 1390. The summed E-state index contributed by atoms with van der Waals surface area (Å²) in [6, 6.07) is -0.0725. The molecule has 1 aromatic carbocycles. The van der Waals surface area contributed by atoms with E-state index < -0.39 is 58.8 Å². The van der Waals surface area contributed by atoms with Crippen molar-refractivity contribution in [3.63, 3.8) is 0 Å². The molecule has 5 unspecified atom stereocenters. The van der Waals surface area contributed by atoms with Gasteiger partial charge in [-0.1, -0.05) is 54.4 Å². The van der Waals surface area contributed by atoms with Crippen LogP contribution >= 0.6 is 0 Å². The fraction of sp³-hybridized carbons (Fsp3) is 0.639. The zero-order valence-corrected chi connectivity index (χ0v) is 31.7. The topological polar surface area (TPSA) is 244 Å². The number of carbonyl (C=O) groups excluding carboxylic acids is 7. The molecular formula is C36H57N7O10. The first kappa shape index (κ1) is 45.9. The third-order valence-electron chi connectivity index (χ3n) is 8.27. The molecule has 0 aliphatic heterocycles. The largest absolute Gasteiger partial charge is 0.425 e. The third kappa shape index (κ3) is 16.9. The zero-order valence-electron chi connectivity index (χ0n) is 31.7. The summed E-state index contributed by atoms with van der Waals surface area (Å²) in [5, 5.41) is 27.5. The highest BCUT2D eigenvalue weighted by Crippen LogP contribution is 2.19. The molecule has 6 N–H and O–H groups in total. The average Bonchev–Trinajstić information content (AvgIpc) is 3.14. The van der Waals surface area contributed by atoms with Crippen LogP contribution in [0.25, 0.3) is 0 Å². The Hall–Kier alpha value is -5.09. The highest BCUT2D eigenvalue weighted by molar-refractivity contribution is 5.92. The quantitative estimate of drug-likeness (QED) is 0.0281. The highest BCUT2D eigenvalue weighted by atomic mass is 16.6. The fourth-order valence-corrected chi connectivity index (χ4v) is 5.26. The SMILES string of the molecule is CCCC(NC(=O)CC)C(NC(=O)CC)C(=O)NCCCCC(NC(=O)C(NC(=O)CC)C(CCC)NC(=O)CC)C(=O)Oc1ccc([N+](=O)[O-])cc1. The van der Waals surface area contributed by atoms with E-state index in [-0.39, 0.29) is 74.2 Å². The number of ether oxygens (including phenoxy) is 1. The van der Waals surface area contributed by atoms with Crippen LogP contribution < -0.4 is 36.6 Å². The summed E-state index contributed by atoms with van der Waals surface area (Å²) in [5.74, 6) is -3.48. The van der Waals surface area contributed by atoms with Crippen LogP contribution in [0.15, 0.2) is 24.3 Å². The normalized spacial score (nSPS) is 13.5. The van der Waals surface area contributed by atoms with E-state index in [0.29, 0.717) is 32.1 Å². The second-order valence-corrected chi connectivity index (χ2v) is 12.5. The van der Waals surface area contributed by atoms with E-state index in [0.717, 1.165) is 12.1 Å². The summed E-state index contributed by atoms with van der Waals surface area (Å²) >= 11 is 0. The Morgan fingerprint density at radius 2 is 1.08 bits per heavy atom. The molecular weight excluding hydrogens is 690 g/mol. The van der Waals surface area contributed by atoms with Crippen LogP contribution in [0.1, 0.15) is 112 Å². The molecule has 17 heteroatoms. The van der Waals surface area contributed by atoms with Crippen molar-refractivity contribution in [2.75, 3.05) is 6.54 Å². The molecule has 0 fully saturated rings. The fourth-order valence-electron chi connectivity index (χ4n) is 5.26. The Morgan fingerprint density at radius 3 is 1.51 bits per heavy atom. The number of nitro groups is 1. The molecule has 0 aliphatic rings. The molecule has 6 amide bonds. The summed E-state index contributed by atoms with van der Waals surface area (Å²) in [7, 11) is 0. The number of amides is 6. The van der Waals surface area contributed by atoms with Gasteiger partial charge in [-0.2, -0.15) is 0 Å². The monoisotopic (exact) mass is 747 g/mol. The second kappa shape index (κ2) is 25.0. The van der Waals surface area contributed by atoms with Crippen molar-refractivity contribution >= 4 is 47.1 Å². The zero-order chi connectivity index (χ0) is 39.9. The molecule has 1 rings (SSSR count). The van der Waals surface area contributed by atoms with Gasteiger partial charge in [0.1, 0.15) is 23.9 Å². The van der Waals surface area contributed by atoms with Crippen LogP contribution in [0.5, 0.6) is 5.75 Å². The van der Waals surface area contributed by atoms with Gasteiger partial charge in [-0.25, -0.2) is 4.79 Å². The number of rotatable bonds is 25. The second-order valence-electron chi connectivity index (χ2n) is 12.5. The summed E-state index contributed by atoms with van der Waals surface area (Å²) in [5.41, 5.74) is -0.215. The van der Waals surface area contributed by atoms with Crippen LogP contribution in [0.3, 0.4) is 0 Å². The minimum absolute atomic E-state index is 0.000942. The average molecular weight is 748 g/mol. The van der Waals surface area contributed by atoms with Crippen molar-refractivity contribution in [3.05, 3.63) is 34.4 Å². The number of non-ortho nitro benzene ring substituents is 1. The Kier molecular flexibility index (Phi) is 21.7. The number of carbonyl (C=O) groups is 7. The first-order chi connectivity index (χ1) is 25.2. The molecule has 53 heavy (non-hydrogen) atoms. The van der Waals surface area contributed by atoms with E-state index >= 15 is 0 Å². The van der Waals surface area contributed by atoms with Gasteiger partial charge in [0.25, 0.3) is 5.69 Å². The lowest BCUT2D eigenvalue weighted by Gasteiger charge is -2.29. The number of unbranched alkanes of at least 4 members (excludes halogenated alkanes) is 1. The van der Waals surface area contributed by atoms with Crippen LogP contribution in [-0.4, -0.2) is 83.1 Å². The molecule has 0 aromatic heterocycles. The van der Waals surface area contributed by atoms with Gasteiger partial charge in [0.05, 0.1) is 17.0 Å². The molecule has 0 saturated heterocycles. The molecule has 0 heterocycles. The van der Waals surface area contributed by atoms with Gasteiger partial charge in [0.15, 0.2) is 0 Å². The van der Waals surface area contributed by atoms with Gasteiger partial charge in [0.2, 0.25) is 35.4 Å². The molecule has 5 atom stereocenters. The van der Waals surface area contributed by atoms with Gasteiger partial charge in [-0.15, -0.1) is 0 Å². The first-order valence-corrected chi connectivity index (χ1v) is 18.5. The smallest absolute Gasteiger partial charge is 0.334 e. The predicted octanol–water partition coefficient (Wildman–Crippen LogP) is 2.45.